The SMILES string of the molecule is COCCNC(=O)CN(C)C(=O)N[C@@H](C(=O)O)C(C)C. The van der Waals surface area contributed by atoms with Gasteiger partial charge in [-0.1, -0.05) is 13.8 Å². The molecular formula is C12H23N3O5. The van der Waals surface area contributed by atoms with Crippen LogP contribution in [0.4, 0.5) is 4.79 Å². The molecule has 0 aromatic heterocycles. The molecule has 8 nitrogen and oxygen atoms in total. The Labute approximate surface area is 118 Å². The standard InChI is InChI=1S/C12H23N3O5/c1-8(2)10(11(17)18)14-12(19)15(3)7-9(16)13-5-6-20-4/h8,10H,5-7H2,1-4H3,(H,13,16)(H,14,19)(H,17,18)/t10-/m1/s1. The lowest BCUT2D eigenvalue weighted by molar-refractivity contribution is -0.140. The summed E-state index contributed by atoms with van der Waals surface area (Å²) < 4.78 is 4.78. The zero-order chi connectivity index (χ0) is 15.7. The average molecular weight is 289 g/mol. The van der Waals surface area contributed by atoms with E-state index in [4.69, 9.17) is 9.84 Å². The molecular weight excluding hydrogens is 266 g/mol. The summed E-state index contributed by atoms with van der Waals surface area (Å²) in [5.41, 5.74) is 0. The number of likely N-dealkylation sites (N-methyl/N-ethyl adjacent to an activating group) is 1. The Bertz CT molecular complexity index is 346. The third kappa shape index (κ3) is 6.93. The van der Waals surface area contributed by atoms with Crippen LogP contribution in [0.5, 0.6) is 0 Å². The van der Waals surface area contributed by atoms with E-state index < -0.39 is 18.0 Å². The minimum Gasteiger partial charge on any atom is -0.480 e. The van der Waals surface area contributed by atoms with E-state index in [9.17, 15) is 14.4 Å². The summed E-state index contributed by atoms with van der Waals surface area (Å²) in [5, 5.41) is 13.9. The number of carbonyl (C=O) groups excluding carboxylic acids is 2. The summed E-state index contributed by atoms with van der Waals surface area (Å²) >= 11 is 0. The first-order valence-electron chi connectivity index (χ1n) is 6.29. The predicted molar refractivity (Wildman–Crippen MR) is 72.3 cm³/mol. The highest BCUT2D eigenvalue weighted by molar-refractivity contribution is 5.86. The number of amides is 3. The number of ether oxygens (including phenoxy) is 1. The lowest BCUT2D eigenvalue weighted by Gasteiger charge is -2.23. The van der Waals surface area contributed by atoms with Gasteiger partial charge in [-0.05, 0) is 5.92 Å². The van der Waals surface area contributed by atoms with Gasteiger partial charge in [-0.2, -0.15) is 0 Å². The Morgan fingerprint density at radius 3 is 2.35 bits per heavy atom. The molecule has 0 aliphatic heterocycles. The molecule has 0 aliphatic rings. The highest BCUT2D eigenvalue weighted by Crippen LogP contribution is 2.02. The highest BCUT2D eigenvalue weighted by atomic mass is 16.5. The molecule has 0 aromatic rings. The van der Waals surface area contributed by atoms with E-state index in [1.54, 1.807) is 13.8 Å². The highest BCUT2D eigenvalue weighted by Gasteiger charge is 2.25. The number of hydrogen-bond donors (Lipinski definition) is 3. The number of carboxylic acids is 1. The van der Waals surface area contributed by atoms with Crippen molar-refractivity contribution in [1.29, 1.82) is 0 Å². The van der Waals surface area contributed by atoms with Gasteiger partial charge in [0.05, 0.1) is 6.61 Å². The Balaban J connectivity index is 4.26. The topological polar surface area (TPSA) is 108 Å². The van der Waals surface area contributed by atoms with Gasteiger partial charge in [-0.3, -0.25) is 4.79 Å². The average Bonchev–Trinajstić information content (AvgIpc) is 2.34. The van der Waals surface area contributed by atoms with E-state index in [0.717, 1.165) is 4.90 Å². The van der Waals surface area contributed by atoms with Gasteiger partial charge in [-0.25, -0.2) is 9.59 Å². The second-order valence-corrected chi connectivity index (χ2v) is 4.71. The van der Waals surface area contributed by atoms with Crippen molar-refractivity contribution in [1.82, 2.24) is 15.5 Å². The summed E-state index contributed by atoms with van der Waals surface area (Å²) in [6.45, 7) is 3.97. The fraction of sp³-hybridized carbons (Fsp3) is 0.750. The maximum atomic E-state index is 11.8. The molecule has 0 saturated heterocycles. The Morgan fingerprint density at radius 1 is 1.30 bits per heavy atom. The van der Waals surface area contributed by atoms with Gasteiger partial charge in [-0.15, -0.1) is 0 Å². The number of rotatable bonds is 8. The number of methoxy groups -OCH3 is 1. The first-order chi connectivity index (χ1) is 9.29. The molecule has 0 aromatic carbocycles. The summed E-state index contributed by atoms with van der Waals surface area (Å²) in [5.74, 6) is -1.69. The molecule has 1 atom stereocenters. The van der Waals surface area contributed by atoms with Crippen LogP contribution < -0.4 is 10.6 Å². The maximum absolute atomic E-state index is 11.8. The lowest BCUT2D eigenvalue weighted by Crippen LogP contribution is -2.51. The normalized spacial score (nSPS) is 11.8. The van der Waals surface area contributed by atoms with Crippen molar-refractivity contribution < 1.29 is 24.2 Å². The number of carbonyl (C=O) groups is 3. The smallest absolute Gasteiger partial charge is 0.326 e. The number of urea groups is 1. The summed E-state index contributed by atoms with van der Waals surface area (Å²) in [6.07, 6.45) is 0. The van der Waals surface area contributed by atoms with Crippen LogP contribution in [-0.4, -0.2) is 67.8 Å². The van der Waals surface area contributed by atoms with Crippen molar-refractivity contribution in [3.05, 3.63) is 0 Å². The first kappa shape index (κ1) is 18.2. The summed E-state index contributed by atoms with van der Waals surface area (Å²) in [7, 11) is 2.94. The van der Waals surface area contributed by atoms with Crippen LogP contribution in [0, 0.1) is 5.92 Å². The van der Waals surface area contributed by atoms with Crippen LogP contribution in [0.1, 0.15) is 13.8 Å². The van der Waals surface area contributed by atoms with E-state index >= 15 is 0 Å². The largest absolute Gasteiger partial charge is 0.480 e. The van der Waals surface area contributed by atoms with E-state index in [2.05, 4.69) is 10.6 Å². The van der Waals surface area contributed by atoms with E-state index in [1.807, 2.05) is 0 Å². The summed E-state index contributed by atoms with van der Waals surface area (Å²) in [6, 6.07) is -1.59. The van der Waals surface area contributed by atoms with Crippen LogP contribution in [0.25, 0.3) is 0 Å². The first-order valence-corrected chi connectivity index (χ1v) is 6.29. The molecule has 8 heteroatoms. The lowest BCUT2D eigenvalue weighted by atomic mass is 10.1. The van der Waals surface area contributed by atoms with Gasteiger partial charge in [0.15, 0.2) is 0 Å². The van der Waals surface area contributed by atoms with E-state index in [0.29, 0.717) is 13.2 Å². The zero-order valence-corrected chi connectivity index (χ0v) is 12.3. The molecule has 3 N–H and O–H groups in total. The van der Waals surface area contributed by atoms with Crippen LogP contribution in [0.15, 0.2) is 0 Å². The second kappa shape index (κ2) is 9.13. The zero-order valence-electron chi connectivity index (χ0n) is 12.3. The molecule has 0 rings (SSSR count). The predicted octanol–water partition coefficient (Wildman–Crippen LogP) is -0.500. The van der Waals surface area contributed by atoms with Crippen molar-refractivity contribution in [2.24, 2.45) is 5.92 Å². The minimum atomic E-state index is -1.11. The van der Waals surface area contributed by atoms with Crippen LogP contribution >= 0.6 is 0 Å². The maximum Gasteiger partial charge on any atom is 0.326 e. The number of carboxylic acid groups (broad SMARTS) is 1. The molecule has 0 heterocycles. The van der Waals surface area contributed by atoms with Gasteiger partial charge in [0, 0.05) is 20.7 Å². The number of aliphatic carboxylic acids is 1. The van der Waals surface area contributed by atoms with Gasteiger partial charge < -0.3 is 25.4 Å². The fourth-order valence-corrected chi connectivity index (χ4v) is 1.39. The molecule has 0 radical (unpaired) electrons. The third-order valence-corrected chi connectivity index (χ3v) is 2.57. The Morgan fingerprint density at radius 2 is 1.90 bits per heavy atom. The van der Waals surface area contributed by atoms with Gasteiger partial charge in [0.2, 0.25) is 5.91 Å². The van der Waals surface area contributed by atoms with E-state index in [-0.39, 0.29) is 18.4 Å². The third-order valence-electron chi connectivity index (χ3n) is 2.57. The van der Waals surface area contributed by atoms with Crippen LogP contribution in [0.3, 0.4) is 0 Å². The quantitative estimate of drug-likeness (QED) is 0.522. The minimum absolute atomic E-state index is 0.153. The number of nitrogens with zero attached hydrogens (tertiary/aromatic N) is 1. The Hall–Kier alpha value is -1.83. The van der Waals surface area contributed by atoms with Crippen molar-refractivity contribution in [3.63, 3.8) is 0 Å². The molecule has 0 fully saturated rings. The van der Waals surface area contributed by atoms with Crippen molar-refractivity contribution >= 4 is 17.9 Å². The van der Waals surface area contributed by atoms with Crippen molar-refractivity contribution in [3.8, 4) is 0 Å². The number of hydrogen-bond acceptors (Lipinski definition) is 4. The molecule has 0 unspecified atom stereocenters. The van der Waals surface area contributed by atoms with Crippen LogP contribution in [0.2, 0.25) is 0 Å². The Kier molecular flexibility index (Phi) is 8.30. The van der Waals surface area contributed by atoms with Gasteiger partial charge in [0.25, 0.3) is 0 Å². The van der Waals surface area contributed by atoms with Crippen molar-refractivity contribution in [2.45, 2.75) is 19.9 Å². The monoisotopic (exact) mass is 289 g/mol. The molecule has 116 valence electrons. The fourth-order valence-electron chi connectivity index (χ4n) is 1.39. The molecule has 0 aliphatic carbocycles. The second-order valence-electron chi connectivity index (χ2n) is 4.71. The van der Waals surface area contributed by atoms with Crippen LogP contribution in [-0.2, 0) is 14.3 Å². The molecule has 0 bridgehead atoms. The molecule has 0 spiro atoms. The van der Waals surface area contributed by atoms with Gasteiger partial charge >= 0.3 is 12.0 Å². The van der Waals surface area contributed by atoms with E-state index in [1.165, 1.54) is 14.2 Å². The number of nitrogens with one attached hydrogen (secondary N) is 2. The summed E-state index contributed by atoms with van der Waals surface area (Å²) in [4.78, 5) is 35.4. The molecule has 3 amide bonds. The van der Waals surface area contributed by atoms with Crippen molar-refractivity contribution in [2.75, 3.05) is 33.9 Å². The van der Waals surface area contributed by atoms with Gasteiger partial charge in [0.1, 0.15) is 12.6 Å². The molecule has 0 saturated carbocycles. The molecule has 20 heavy (non-hydrogen) atoms.